The molecular formula is H3MgMo12O40P+2. The quantitative estimate of drug-likeness (QED) is 0.0602. The molecule has 0 unspecified atom stereocenters. The fraction of sp³-hybridized carbons (Fsp3) is 0. The van der Waals surface area contributed by atoms with Gasteiger partial charge in [-0.25, -0.2) is 0 Å². The van der Waals surface area contributed by atoms with E-state index in [1.165, 1.54) is 0 Å². The van der Waals surface area contributed by atoms with E-state index in [0.29, 0.717) is 0 Å². The van der Waals surface area contributed by atoms with Gasteiger partial charge in [-0.3, -0.25) is 0 Å². The fourth-order valence-electron chi connectivity index (χ4n) is 1.41. The third-order valence-electron chi connectivity index (χ3n) is 2.06. The van der Waals surface area contributed by atoms with Crippen LogP contribution in [-0.4, -0.2) is 34.3 Å². The van der Waals surface area contributed by atoms with Crippen molar-refractivity contribution in [3.05, 3.63) is 0 Å². The van der Waals surface area contributed by atoms with Crippen molar-refractivity contribution >= 4 is 30.9 Å². The molecule has 0 aliphatic rings. The minimum Gasteiger partial charge on any atom is 2.00 e. The normalized spacial score (nSPS) is 15.3. The third kappa shape index (κ3) is 29.2. The molecule has 0 aromatic carbocycles. The van der Waals surface area contributed by atoms with Crippen molar-refractivity contribution in [3.8, 4) is 0 Å². The van der Waals surface area contributed by atoms with Gasteiger partial charge in [-0.15, -0.1) is 0 Å². The molecule has 0 rings (SSSR count). The molecule has 0 atom stereocenters. The zero-order valence-electron chi connectivity index (χ0n) is 22.5. The summed E-state index contributed by atoms with van der Waals surface area (Å²) in [5.74, 6) is 0. The molecule has 0 aliphatic heterocycles. The van der Waals surface area contributed by atoms with Crippen LogP contribution < -0.4 is 0 Å². The van der Waals surface area contributed by atoms with Crippen LogP contribution in [0.5, 0.6) is 0 Å². The van der Waals surface area contributed by atoms with Gasteiger partial charge in [-0.2, -0.15) is 0 Å². The second kappa shape index (κ2) is 20.1. The summed E-state index contributed by atoms with van der Waals surface area (Å²) in [6, 6.07) is 0. The Bertz CT molecular complexity index is 2510. The van der Waals surface area contributed by atoms with Gasteiger partial charge in [0.05, 0.1) is 0 Å². The Kier molecular flexibility index (Phi) is 22.4. The van der Waals surface area contributed by atoms with Crippen LogP contribution in [0.3, 0.4) is 0 Å². The predicted octanol–water partition coefficient (Wildman–Crippen LogP) is -5.01. The van der Waals surface area contributed by atoms with E-state index in [4.69, 9.17) is 11.3 Å². The monoisotopic (exact) mass is 1870 g/mol. The van der Waals surface area contributed by atoms with Gasteiger partial charge in [0.25, 0.3) is 0 Å². The molecule has 40 nitrogen and oxygen atoms in total. The summed E-state index contributed by atoms with van der Waals surface area (Å²) in [6.07, 6.45) is 0. The molecule has 3 N–H and O–H groups in total. The van der Waals surface area contributed by atoms with Crippen molar-refractivity contribution in [2.45, 2.75) is 0 Å². The van der Waals surface area contributed by atoms with Crippen LogP contribution in [0.2, 0.25) is 0 Å². The number of hydrogen-bond donors (Lipinski definition) is 3. The second-order valence-electron chi connectivity index (χ2n) is 6.24. The topological polar surface area (TPSA) is 598 Å². The van der Waals surface area contributed by atoms with Gasteiger partial charge in [-0.05, 0) is 0 Å². The van der Waals surface area contributed by atoms with Crippen LogP contribution in [0.15, 0.2) is 0 Å². The van der Waals surface area contributed by atoms with Gasteiger partial charge in [-0.1, -0.05) is 0 Å². The molecule has 0 bridgehead atoms. The van der Waals surface area contributed by atoms with Gasteiger partial charge in [0.15, 0.2) is 0 Å². The maximum atomic E-state index is 12.8. The number of phosphoric acid groups is 1. The molecule has 0 saturated carbocycles. The summed E-state index contributed by atoms with van der Waals surface area (Å²) in [5, 5.41) is 0. The molecular weight excluding hydrogens is 1850 g/mol. The molecule has 320 valence electrons. The van der Waals surface area contributed by atoms with Crippen molar-refractivity contribution in [1.82, 2.24) is 0 Å². The Labute approximate surface area is 350 Å². The summed E-state index contributed by atoms with van der Waals surface area (Å²) < 4.78 is 347. The summed E-state index contributed by atoms with van der Waals surface area (Å²) in [5.41, 5.74) is 0. The first-order chi connectivity index (χ1) is 22.5. The maximum Gasteiger partial charge on any atom is 2.00 e. The van der Waals surface area contributed by atoms with Gasteiger partial charge in [0, 0.05) is 0 Å². The van der Waals surface area contributed by atoms with Gasteiger partial charge in [0.2, 0.25) is 0 Å². The van der Waals surface area contributed by atoms with Crippen molar-refractivity contribution in [2.24, 2.45) is 0 Å². The molecule has 0 aromatic rings. The zero-order valence-corrected chi connectivity index (χ0v) is 48.9. The molecule has 54 heteroatoms. The van der Waals surface area contributed by atoms with Crippen LogP contribution >= 0.6 is 7.82 Å². The largest absolute Gasteiger partial charge is 2.00 e. The Morgan fingerprint density at radius 1 is 0.259 bits per heavy atom. The van der Waals surface area contributed by atoms with E-state index in [9.17, 15) is 86.1 Å². The minimum absolute atomic E-state index is 0. The summed E-state index contributed by atoms with van der Waals surface area (Å²) in [4.78, 5) is 0. The Hall–Kier alpha value is 3.86. The molecule has 0 amide bonds. The van der Waals surface area contributed by atoms with Gasteiger partial charge >= 0.3 is 357 Å². The molecule has 0 aromatic heterocycles. The van der Waals surface area contributed by atoms with Gasteiger partial charge < -0.3 is 0 Å². The van der Waals surface area contributed by atoms with Crippen LogP contribution in [0, 0.1) is 0 Å². The predicted molar refractivity (Wildman–Crippen MR) is 49.5 cm³/mol. The molecule has 0 saturated heterocycles. The molecule has 0 radical (unpaired) electrons. The van der Waals surface area contributed by atoms with E-state index in [1.54, 1.807) is 0 Å². The van der Waals surface area contributed by atoms with E-state index >= 15 is 0 Å². The van der Waals surface area contributed by atoms with Crippen molar-refractivity contribution in [2.75, 3.05) is 0 Å². The number of hydrogen-bond acceptors (Lipinski definition) is 37. The average Bonchev–Trinajstić information content (AvgIpc) is 2.58. The molecule has 54 heavy (non-hydrogen) atoms. The van der Waals surface area contributed by atoms with Crippen molar-refractivity contribution in [3.63, 3.8) is 0 Å². The van der Waals surface area contributed by atoms with Crippen LogP contribution in [0.25, 0.3) is 0 Å². The van der Waals surface area contributed by atoms with Crippen LogP contribution in [0.1, 0.15) is 0 Å². The zero-order chi connectivity index (χ0) is 43.0. The minimum atomic E-state index is -8.79. The standard InChI is InChI=1S/Mg.12Mo.H3O4P.3H2O.33O/c;;;;;;;;;;;;;1-5(2,3)4;;;;;;;;;;;;;;;;;;;;;;;;;;;;;;;;;;;;/h;;;;;;;;;;;;;(H3,1,2,3,4);3*1H2;;;;;;;;;;;;;;;;;;;;;;;;;;;;;;;;;/q+2;;;;;;;6*+1;;;;;;;;;;;;;;;;;;;;;;;;;;;;;;;;;;;;;/p-6. The summed E-state index contributed by atoms with van der Waals surface area (Å²) in [6.45, 7) is 0. The summed E-state index contributed by atoms with van der Waals surface area (Å²) in [7, 11) is -7.91. The van der Waals surface area contributed by atoms with E-state index in [-0.39, 0.29) is 23.1 Å². The van der Waals surface area contributed by atoms with E-state index < -0.39 is 209 Å². The average molecular weight is 1850 g/mol. The van der Waals surface area contributed by atoms with Crippen LogP contribution in [0.4, 0.5) is 0 Å². The first kappa shape index (κ1) is 59.9. The van der Waals surface area contributed by atoms with E-state index in [1.807, 2.05) is 0 Å². The Morgan fingerprint density at radius 3 is 0.537 bits per heavy atom. The third-order valence-corrected chi connectivity index (χ3v) is 62.5. The first-order valence-electron chi connectivity index (χ1n) is 8.78. The fourth-order valence-corrected chi connectivity index (χ4v) is 60.4. The van der Waals surface area contributed by atoms with E-state index in [2.05, 4.69) is 27.9 Å². The second-order valence-corrected chi connectivity index (χ2v) is 56.1. The van der Waals surface area contributed by atoms with Gasteiger partial charge in [0.1, 0.15) is 0 Å². The smallest absolute Gasteiger partial charge is 2.00 e. The maximum absolute atomic E-state index is 12.8. The molecule has 0 fully saturated rings. The molecule has 0 aliphatic carbocycles. The van der Waals surface area contributed by atoms with Crippen molar-refractivity contribution < 1.29 is 326 Å². The molecule has 0 heterocycles. The SMILES string of the molecule is O=P([O][Mo](=[O])(=[O])[O][Mo](=[O])(=[O])[O][Mo](=[O])(=[O])[O][Mo](=[O])(=[O])[OH])([O][Mo](=[O])(=[O])[O][Mo](=[O])(=[O])[O][Mo](=[O])(=[O])[O][Mo](=[O])(=[O])[OH])[O][Mo](=[O])(=[O])[O][Mo](=[O])(=[O])[O][Mo](=[O])(=[O])[O][Mo](=[O])(=[O])[OH].[Mg+2]. The van der Waals surface area contributed by atoms with E-state index in [0.717, 1.165) is 0 Å². The Morgan fingerprint density at radius 2 is 0.389 bits per heavy atom. The van der Waals surface area contributed by atoms with Crippen LogP contribution in [-0.2, 0) is 315 Å². The van der Waals surface area contributed by atoms with Crippen molar-refractivity contribution in [1.29, 1.82) is 0 Å². The first-order valence-corrected chi connectivity index (χ1v) is 49.8. The Balaban J connectivity index is 0. The molecule has 0 spiro atoms. The summed E-state index contributed by atoms with van der Waals surface area (Å²) >= 11 is -97.4. The number of rotatable bonds is 24.